The van der Waals surface area contributed by atoms with Crippen LogP contribution in [0.1, 0.15) is 31.4 Å². The van der Waals surface area contributed by atoms with Crippen LogP contribution in [-0.4, -0.2) is 48.3 Å². The van der Waals surface area contributed by atoms with Crippen molar-refractivity contribution in [1.82, 2.24) is 15.5 Å². The van der Waals surface area contributed by atoms with Gasteiger partial charge in [0.25, 0.3) is 0 Å². The highest BCUT2D eigenvalue weighted by molar-refractivity contribution is 6.31. The Hall–Kier alpha value is -1.30. The van der Waals surface area contributed by atoms with Crippen LogP contribution in [0, 0.1) is 0 Å². The average molecular weight is 326 g/mol. The third-order valence-electron chi connectivity index (χ3n) is 3.87. The number of hydrogen-bond acceptors (Lipinski definition) is 3. The lowest BCUT2D eigenvalue weighted by Crippen LogP contribution is -2.42. The lowest BCUT2D eigenvalue weighted by Gasteiger charge is -2.20. The summed E-state index contributed by atoms with van der Waals surface area (Å²) in [5.41, 5.74) is 0.621. The Morgan fingerprint density at radius 3 is 2.77 bits per heavy atom. The molecule has 2 rings (SSSR count). The molecule has 22 heavy (non-hydrogen) atoms. The van der Waals surface area contributed by atoms with Gasteiger partial charge in [-0.2, -0.15) is 0 Å². The summed E-state index contributed by atoms with van der Waals surface area (Å²) in [6.07, 6.45) is 1.73. The third kappa shape index (κ3) is 5.16. The third-order valence-corrected chi connectivity index (χ3v) is 4.22. The number of carbonyl (C=O) groups is 1. The number of aliphatic hydroxyl groups is 1. The first-order chi connectivity index (χ1) is 10.6. The Morgan fingerprint density at radius 2 is 2.14 bits per heavy atom. The lowest BCUT2D eigenvalue weighted by molar-refractivity contribution is 0.173. The van der Waals surface area contributed by atoms with Gasteiger partial charge in [0.1, 0.15) is 0 Å². The minimum absolute atomic E-state index is 0.135. The minimum atomic E-state index is -0.807. The van der Waals surface area contributed by atoms with Crippen molar-refractivity contribution in [3.05, 3.63) is 34.9 Å². The molecule has 1 aliphatic carbocycles. The molecule has 5 nitrogen and oxygen atoms in total. The molecular formula is C16H24ClN3O2. The number of aliphatic hydroxyl groups excluding tert-OH is 1. The van der Waals surface area contributed by atoms with Crippen molar-refractivity contribution in [2.24, 2.45) is 0 Å². The predicted molar refractivity (Wildman–Crippen MR) is 88.1 cm³/mol. The van der Waals surface area contributed by atoms with E-state index < -0.39 is 6.10 Å². The maximum Gasteiger partial charge on any atom is 0.314 e. The van der Waals surface area contributed by atoms with Crippen LogP contribution in [0.5, 0.6) is 0 Å². The second kappa shape index (κ2) is 8.36. The molecule has 0 aliphatic heterocycles. The number of nitrogens with zero attached hydrogens (tertiary/aromatic N) is 1. The van der Waals surface area contributed by atoms with Crippen molar-refractivity contribution in [1.29, 1.82) is 0 Å². The van der Waals surface area contributed by atoms with Gasteiger partial charge >= 0.3 is 6.03 Å². The average Bonchev–Trinajstić information content (AvgIpc) is 3.34. The van der Waals surface area contributed by atoms with E-state index in [9.17, 15) is 9.90 Å². The number of rotatable bonds is 8. The maximum atomic E-state index is 11.7. The lowest BCUT2D eigenvalue weighted by atomic mass is 10.1. The van der Waals surface area contributed by atoms with E-state index in [2.05, 4.69) is 22.5 Å². The van der Waals surface area contributed by atoms with Crippen LogP contribution in [0.3, 0.4) is 0 Å². The van der Waals surface area contributed by atoms with Crippen LogP contribution in [0.25, 0.3) is 0 Å². The van der Waals surface area contributed by atoms with Gasteiger partial charge in [0.05, 0.1) is 6.10 Å². The maximum absolute atomic E-state index is 11.7. The summed E-state index contributed by atoms with van der Waals surface area (Å²) < 4.78 is 0. The summed E-state index contributed by atoms with van der Waals surface area (Å²) in [6.45, 7) is 4.76. The molecule has 1 aliphatic rings. The molecule has 0 spiro atoms. The van der Waals surface area contributed by atoms with Gasteiger partial charge in [-0.1, -0.05) is 36.7 Å². The number of urea groups is 1. The summed E-state index contributed by atoms with van der Waals surface area (Å²) >= 11 is 6.01. The van der Waals surface area contributed by atoms with Crippen molar-refractivity contribution in [3.63, 3.8) is 0 Å². The Labute approximate surface area is 136 Å². The highest BCUT2D eigenvalue weighted by atomic mass is 35.5. The molecule has 0 bridgehead atoms. The number of nitrogens with one attached hydrogen (secondary N) is 2. The summed E-state index contributed by atoms with van der Waals surface area (Å²) in [6, 6.07) is 7.52. The zero-order valence-electron chi connectivity index (χ0n) is 12.9. The van der Waals surface area contributed by atoms with Crippen molar-refractivity contribution < 1.29 is 9.90 Å². The zero-order chi connectivity index (χ0) is 15.9. The van der Waals surface area contributed by atoms with Crippen LogP contribution in [0.4, 0.5) is 4.79 Å². The largest absolute Gasteiger partial charge is 0.387 e. The Kier molecular flexibility index (Phi) is 6.49. The summed E-state index contributed by atoms with van der Waals surface area (Å²) in [4.78, 5) is 14.1. The molecule has 6 heteroatoms. The van der Waals surface area contributed by atoms with Gasteiger partial charge in [-0.25, -0.2) is 4.79 Å². The number of hydrogen-bond donors (Lipinski definition) is 3. The monoisotopic (exact) mass is 325 g/mol. The fraction of sp³-hybridized carbons (Fsp3) is 0.562. The summed E-state index contributed by atoms with van der Waals surface area (Å²) in [7, 11) is 0. The van der Waals surface area contributed by atoms with Crippen LogP contribution >= 0.6 is 11.6 Å². The summed E-state index contributed by atoms with van der Waals surface area (Å²) in [5, 5.41) is 16.0. The topological polar surface area (TPSA) is 64.6 Å². The number of benzene rings is 1. The molecule has 1 aromatic rings. The van der Waals surface area contributed by atoms with E-state index in [1.165, 1.54) is 12.8 Å². The standard InChI is InChI=1S/C16H24ClN3O2/c1-2-20(12-7-8-12)10-9-18-16(22)19-11-15(21)13-5-3-4-6-14(13)17/h3-6,12,15,21H,2,7-11H2,1H3,(H2,18,19,22). The summed E-state index contributed by atoms with van der Waals surface area (Å²) in [5.74, 6) is 0. The zero-order valence-corrected chi connectivity index (χ0v) is 13.6. The highest BCUT2D eigenvalue weighted by Gasteiger charge is 2.27. The van der Waals surface area contributed by atoms with E-state index in [0.29, 0.717) is 23.2 Å². The molecule has 2 amide bonds. The van der Waals surface area contributed by atoms with Crippen LogP contribution in [0.15, 0.2) is 24.3 Å². The van der Waals surface area contributed by atoms with Gasteiger partial charge < -0.3 is 15.7 Å². The van der Waals surface area contributed by atoms with E-state index in [0.717, 1.165) is 13.1 Å². The minimum Gasteiger partial charge on any atom is -0.387 e. The van der Waals surface area contributed by atoms with Gasteiger partial charge in [0, 0.05) is 36.3 Å². The molecular weight excluding hydrogens is 302 g/mol. The number of carbonyl (C=O) groups excluding carboxylic acids is 1. The molecule has 1 saturated carbocycles. The first-order valence-corrected chi connectivity index (χ1v) is 8.17. The Morgan fingerprint density at radius 1 is 1.41 bits per heavy atom. The van der Waals surface area contributed by atoms with Crippen LogP contribution in [-0.2, 0) is 0 Å². The first-order valence-electron chi connectivity index (χ1n) is 7.80. The van der Waals surface area contributed by atoms with Gasteiger partial charge in [0.2, 0.25) is 0 Å². The van der Waals surface area contributed by atoms with Crippen molar-refractivity contribution in [2.75, 3.05) is 26.2 Å². The predicted octanol–water partition coefficient (Wildman–Crippen LogP) is 2.16. The van der Waals surface area contributed by atoms with Crippen LogP contribution < -0.4 is 10.6 Å². The highest BCUT2D eigenvalue weighted by Crippen LogP contribution is 2.25. The molecule has 1 aromatic carbocycles. The van der Waals surface area contributed by atoms with Gasteiger partial charge in [-0.15, -0.1) is 0 Å². The molecule has 1 fully saturated rings. The van der Waals surface area contributed by atoms with Gasteiger partial charge in [0.15, 0.2) is 0 Å². The SMILES string of the molecule is CCN(CCNC(=O)NCC(O)c1ccccc1Cl)C1CC1. The van der Waals surface area contributed by atoms with Crippen molar-refractivity contribution >= 4 is 17.6 Å². The van der Waals surface area contributed by atoms with E-state index >= 15 is 0 Å². The molecule has 1 unspecified atom stereocenters. The van der Waals surface area contributed by atoms with Gasteiger partial charge in [-0.05, 0) is 25.5 Å². The molecule has 1 atom stereocenters. The first kappa shape index (κ1) is 17.1. The molecule has 0 heterocycles. The van der Waals surface area contributed by atoms with E-state index in [4.69, 9.17) is 11.6 Å². The fourth-order valence-corrected chi connectivity index (χ4v) is 2.72. The fourth-order valence-electron chi connectivity index (χ4n) is 2.46. The molecule has 0 radical (unpaired) electrons. The van der Waals surface area contributed by atoms with E-state index in [-0.39, 0.29) is 12.6 Å². The van der Waals surface area contributed by atoms with E-state index in [1.54, 1.807) is 18.2 Å². The number of likely N-dealkylation sites (N-methyl/N-ethyl adjacent to an activating group) is 1. The van der Waals surface area contributed by atoms with Crippen molar-refractivity contribution in [2.45, 2.75) is 31.9 Å². The molecule has 3 N–H and O–H groups in total. The van der Waals surface area contributed by atoms with Crippen molar-refractivity contribution in [3.8, 4) is 0 Å². The molecule has 0 aromatic heterocycles. The quantitative estimate of drug-likeness (QED) is 0.686. The van der Waals surface area contributed by atoms with Gasteiger partial charge in [-0.3, -0.25) is 4.90 Å². The number of halogens is 1. The second-order valence-corrected chi connectivity index (χ2v) is 5.94. The number of amides is 2. The molecule has 0 saturated heterocycles. The smallest absolute Gasteiger partial charge is 0.314 e. The second-order valence-electron chi connectivity index (χ2n) is 5.53. The Balaban J connectivity index is 1.65. The molecule has 122 valence electrons. The van der Waals surface area contributed by atoms with Crippen LogP contribution in [0.2, 0.25) is 5.02 Å². The normalized spacial score (nSPS) is 15.6. The van der Waals surface area contributed by atoms with E-state index in [1.807, 2.05) is 6.07 Å². The Bertz CT molecular complexity index is 494.